The number of carbonyl (C=O) groups excluding carboxylic acids is 3. The fraction of sp³-hybridized carbons (Fsp3) is 0.571. The van der Waals surface area contributed by atoms with Gasteiger partial charge in [-0.3, -0.25) is 9.59 Å². The van der Waals surface area contributed by atoms with E-state index in [0.717, 1.165) is 49.5 Å². The Bertz CT molecular complexity index is 1470. The van der Waals surface area contributed by atoms with Crippen molar-refractivity contribution in [2.75, 3.05) is 64.4 Å². The van der Waals surface area contributed by atoms with E-state index >= 15 is 0 Å². The lowest BCUT2D eigenvalue weighted by molar-refractivity contribution is -0.143. The number of urea groups is 1. The number of benzene rings is 2. The summed E-state index contributed by atoms with van der Waals surface area (Å²) in [7, 11) is 4.06. The van der Waals surface area contributed by atoms with Crippen molar-refractivity contribution < 1.29 is 27.6 Å². The van der Waals surface area contributed by atoms with Gasteiger partial charge in [-0.25, -0.2) is 4.79 Å². The van der Waals surface area contributed by atoms with Crippen LogP contribution in [0.1, 0.15) is 55.2 Å². The Balaban J connectivity index is 1.26. The first-order valence-corrected chi connectivity index (χ1v) is 17.2. The Labute approximate surface area is 285 Å². The molecule has 3 aliphatic heterocycles. The van der Waals surface area contributed by atoms with Crippen LogP contribution in [0.5, 0.6) is 0 Å². The molecule has 1 atom stereocenters. The summed E-state index contributed by atoms with van der Waals surface area (Å²) in [6, 6.07) is 9.86. The largest absolute Gasteiger partial charge is 0.418 e. The molecule has 0 radical (unpaired) electrons. The maximum Gasteiger partial charge on any atom is 0.418 e. The van der Waals surface area contributed by atoms with Crippen LogP contribution in [0.25, 0.3) is 0 Å². The molecule has 0 aliphatic carbocycles. The molecule has 0 unspecified atom stereocenters. The lowest BCUT2D eigenvalue weighted by Gasteiger charge is -2.39. The summed E-state index contributed by atoms with van der Waals surface area (Å²) >= 11 is 6.13. The topological polar surface area (TPSA) is 102 Å². The van der Waals surface area contributed by atoms with Gasteiger partial charge in [-0.15, -0.1) is 0 Å². The number of anilines is 2. The van der Waals surface area contributed by atoms with E-state index in [4.69, 9.17) is 17.3 Å². The first-order chi connectivity index (χ1) is 22.8. The van der Waals surface area contributed by atoms with Crippen LogP contribution < -0.4 is 11.1 Å². The summed E-state index contributed by atoms with van der Waals surface area (Å²) in [4.78, 5) is 48.2. The number of nitrogens with two attached hydrogens (primary N) is 1. The molecule has 0 bridgehead atoms. The van der Waals surface area contributed by atoms with E-state index in [1.54, 1.807) is 9.80 Å². The number of hydrogen-bond donors (Lipinski definition) is 2. The third-order valence-electron chi connectivity index (χ3n) is 10.1. The summed E-state index contributed by atoms with van der Waals surface area (Å²) in [5.41, 5.74) is 6.16. The molecule has 3 heterocycles. The number of fused-ring (bicyclic) bond motifs is 1. The number of nitrogens with one attached hydrogen (secondary N) is 1. The fourth-order valence-corrected chi connectivity index (χ4v) is 7.45. The highest BCUT2D eigenvalue weighted by atomic mass is 35.5. The predicted octanol–water partition coefficient (Wildman–Crippen LogP) is 5.76. The van der Waals surface area contributed by atoms with Gasteiger partial charge >= 0.3 is 12.2 Å². The molecule has 0 aromatic heterocycles. The van der Waals surface area contributed by atoms with Crippen LogP contribution in [0.3, 0.4) is 0 Å². The second kappa shape index (κ2) is 15.4. The Hall–Kier alpha value is -3.51. The summed E-state index contributed by atoms with van der Waals surface area (Å²) in [5.74, 6) is -0.822. The van der Waals surface area contributed by atoms with E-state index in [1.165, 1.54) is 6.07 Å². The summed E-state index contributed by atoms with van der Waals surface area (Å²) < 4.78 is 41.3. The Morgan fingerprint density at radius 2 is 1.69 bits per heavy atom. The van der Waals surface area contributed by atoms with E-state index in [-0.39, 0.29) is 47.3 Å². The maximum absolute atomic E-state index is 14.0. The quantitative estimate of drug-likeness (QED) is 0.326. The molecule has 2 saturated heterocycles. The molecule has 48 heavy (non-hydrogen) atoms. The summed E-state index contributed by atoms with van der Waals surface area (Å²) in [5, 5.41) is 2.77. The van der Waals surface area contributed by atoms with Crippen molar-refractivity contribution in [1.29, 1.82) is 0 Å². The van der Waals surface area contributed by atoms with Gasteiger partial charge in [0.1, 0.15) is 0 Å². The molecular formula is C35H46ClF3N6O3. The molecule has 9 nitrogen and oxygen atoms in total. The molecular weight excluding hydrogens is 645 g/mol. The number of amides is 4. The summed E-state index contributed by atoms with van der Waals surface area (Å²) in [6.45, 7) is 3.47. The van der Waals surface area contributed by atoms with Gasteiger partial charge < -0.3 is 30.7 Å². The molecule has 3 aliphatic rings. The first kappa shape index (κ1) is 35.8. The van der Waals surface area contributed by atoms with Crippen LogP contribution in [0.2, 0.25) is 5.02 Å². The highest BCUT2D eigenvalue weighted by Crippen LogP contribution is 2.38. The maximum atomic E-state index is 14.0. The molecule has 2 aromatic carbocycles. The zero-order chi connectivity index (χ0) is 34.6. The molecule has 4 amide bonds. The smallest absolute Gasteiger partial charge is 0.397 e. The number of para-hydroxylation sites is 1. The average Bonchev–Trinajstić information content (AvgIpc) is 3.22. The number of piperidine rings is 2. The fourth-order valence-electron chi connectivity index (χ4n) is 7.20. The van der Waals surface area contributed by atoms with Crippen LogP contribution in [0.4, 0.5) is 29.3 Å². The Kier molecular flexibility index (Phi) is 11.5. The monoisotopic (exact) mass is 690 g/mol. The summed E-state index contributed by atoms with van der Waals surface area (Å²) in [6.07, 6.45) is -0.284. The zero-order valence-electron chi connectivity index (χ0n) is 27.7. The van der Waals surface area contributed by atoms with Crippen LogP contribution in [-0.2, 0) is 28.6 Å². The van der Waals surface area contributed by atoms with E-state index in [9.17, 15) is 27.6 Å². The lowest BCUT2D eigenvalue weighted by atomic mass is 9.89. The van der Waals surface area contributed by atoms with Gasteiger partial charge in [0, 0.05) is 50.9 Å². The standard InChI is InChI=1S/C35H46ClF3N6O3/c1-42(2)13-7-23-8-14-44(15-9-23)33(47)26(19-24-20-28(35(37,38)39)32(40)29(36)21-24)22-31(46)43-16-11-27(12-17-43)45-18-10-25-5-3-4-6-30(25)41-34(45)48/h3-6,20-21,23,26-27H,7-19,22,40H2,1-2H3,(H,41,48)/t26-/m0/s1. The molecule has 2 aromatic rings. The van der Waals surface area contributed by atoms with Crippen molar-refractivity contribution >= 4 is 40.8 Å². The minimum atomic E-state index is -4.72. The van der Waals surface area contributed by atoms with Crippen LogP contribution in [-0.4, -0.2) is 96.9 Å². The number of hydrogen-bond acceptors (Lipinski definition) is 5. The Morgan fingerprint density at radius 3 is 2.35 bits per heavy atom. The van der Waals surface area contributed by atoms with E-state index in [1.807, 2.05) is 43.3 Å². The van der Waals surface area contributed by atoms with Gasteiger partial charge in [-0.1, -0.05) is 29.8 Å². The van der Waals surface area contributed by atoms with Gasteiger partial charge in [0.05, 0.1) is 22.2 Å². The molecule has 5 rings (SSSR count). The van der Waals surface area contributed by atoms with Gasteiger partial charge in [0.2, 0.25) is 11.8 Å². The Morgan fingerprint density at radius 1 is 1.02 bits per heavy atom. The second-order valence-electron chi connectivity index (χ2n) is 13.6. The van der Waals surface area contributed by atoms with E-state index < -0.39 is 23.3 Å². The van der Waals surface area contributed by atoms with Crippen LogP contribution in [0, 0.1) is 11.8 Å². The highest BCUT2D eigenvalue weighted by molar-refractivity contribution is 6.33. The van der Waals surface area contributed by atoms with Crippen molar-refractivity contribution in [3.8, 4) is 0 Å². The molecule has 3 N–H and O–H groups in total. The number of alkyl halides is 3. The molecule has 13 heteroatoms. The van der Waals surface area contributed by atoms with Crippen molar-refractivity contribution in [1.82, 2.24) is 19.6 Å². The zero-order valence-corrected chi connectivity index (χ0v) is 28.5. The number of carbonyl (C=O) groups is 3. The van der Waals surface area contributed by atoms with E-state index in [0.29, 0.717) is 51.5 Å². The molecule has 262 valence electrons. The SMILES string of the molecule is CN(C)CCC1CCN(C(=O)[C@H](CC(=O)N2CCC(N3CCc4ccccc4NC3=O)CC2)Cc2cc(Cl)c(N)c(C(F)(F)F)c2)CC1. The van der Waals surface area contributed by atoms with Gasteiger partial charge in [0.15, 0.2) is 0 Å². The number of rotatable bonds is 9. The van der Waals surface area contributed by atoms with Crippen molar-refractivity contribution in [2.24, 2.45) is 11.8 Å². The van der Waals surface area contributed by atoms with Crippen molar-refractivity contribution in [2.45, 2.75) is 63.6 Å². The van der Waals surface area contributed by atoms with Crippen molar-refractivity contribution in [3.05, 3.63) is 58.1 Å². The highest BCUT2D eigenvalue weighted by Gasteiger charge is 2.37. The normalized spacial score (nSPS) is 18.8. The van der Waals surface area contributed by atoms with Crippen molar-refractivity contribution in [3.63, 3.8) is 0 Å². The number of likely N-dealkylation sites (tertiary alicyclic amines) is 2. The van der Waals surface area contributed by atoms with Gasteiger partial charge in [-0.2, -0.15) is 13.2 Å². The molecule has 2 fully saturated rings. The third-order valence-corrected chi connectivity index (χ3v) is 10.4. The number of halogens is 4. The van der Waals surface area contributed by atoms with E-state index in [2.05, 4.69) is 10.2 Å². The van der Waals surface area contributed by atoms with Gasteiger partial charge in [-0.05, 0) is 101 Å². The third kappa shape index (κ3) is 8.74. The first-order valence-electron chi connectivity index (χ1n) is 16.8. The average molecular weight is 691 g/mol. The van der Waals surface area contributed by atoms with Crippen LogP contribution in [0.15, 0.2) is 36.4 Å². The minimum absolute atomic E-state index is 0.0349. The number of nitrogen functional groups attached to an aromatic ring is 1. The molecule has 0 saturated carbocycles. The predicted molar refractivity (Wildman–Crippen MR) is 181 cm³/mol. The van der Waals surface area contributed by atoms with Gasteiger partial charge in [0.25, 0.3) is 0 Å². The second-order valence-corrected chi connectivity index (χ2v) is 14.1. The van der Waals surface area contributed by atoms with Crippen LogP contribution >= 0.6 is 11.6 Å². The minimum Gasteiger partial charge on any atom is -0.397 e. The molecule has 0 spiro atoms. The number of nitrogens with zero attached hydrogens (tertiary/aromatic N) is 4. The lowest BCUT2D eigenvalue weighted by Crippen LogP contribution is -2.50.